The molecule has 1 fully saturated rings. The van der Waals surface area contributed by atoms with Gasteiger partial charge >= 0.3 is 0 Å². The molecule has 0 atom stereocenters. The fourth-order valence-corrected chi connectivity index (χ4v) is 4.83. The van der Waals surface area contributed by atoms with Crippen molar-refractivity contribution in [3.05, 3.63) is 97.9 Å². The third-order valence-corrected chi connectivity index (χ3v) is 6.66. The smallest absolute Gasteiger partial charge is 0.293 e. The van der Waals surface area contributed by atoms with Gasteiger partial charge in [-0.3, -0.25) is 14.5 Å². The zero-order valence-corrected chi connectivity index (χ0v) is 21.5. The van der Waals surface area contributed by atoms with Gasteiger partial charge in [-0.25, -0.2) is 0 Å². The number of rotatable bonds is 8. The maximum absolute atomic E-state index is 13.0. The minimum atomic E-state index is -0.335. The van der Waals surface area contributed by atoms with E-state index in [9.17, 15) is 9.59 Å². The van der Waals surface area contributed by atoms with Crippen LogP contribution in [0.25, 0.3) is 6.08 Å². The lowest BCUT2D eigenvalue weighted by molar-refractivity contribution is -0.123. The first-order chi connectivity index (χ1) is 16.8. The molecule has 1 aliphatic rings. The van der Waals surface area contributed by atoms with Crippen LogP contribution in [0.15, 0.2) is 65.6 Å². The van der Waals surface area contributed by atoms with Crippen LogP contribution in [0.3, 0.4) is 0 Å². The van der Waals surface area contributed by atoms with E-state index in [4.69, 9.17) is 32.7 Å². The van der Waals surface area contributed by atoms with Crippen LogP contribution in [0, 0.1) is 6.92 Å². The number of thioether (sulfide) groups is 1. The lowest BCUT2D eigenvalue weighted by Gasteiger charge is -2.15. The summed E-state index contributed by atoms with van der Waals surface area (Å²) in [6, 6.07) is 18.5. The zero-order valence-electron chi connectivity index (χ0n) is 19.2. The van der Waals surface area contributed by atoms with Gasteiger partial charge in [0.2, 0.25) is 0 Å². The molecule has 0 unspecified atom stereocenters. The number of amides is 2. The second kappa shape index (κ2) is 11.2. The number of halogens is 2. The first kappa shape index (κ1) is 25.2. The summed E-state index contributed by atoms with van der Waals surface area (Å²) in [4.78, 5) is 27.1. The zero-order chi connectivity index (χ0) is 24.9. The lowest BCUT2D eigenvalue weighted by Crippen LogP contribution is -2.27. The average Bonchev–Trinajstić information content (AvgIpc) is 3.07. The number of aryl methyl sites for hydroxylation is 1. The molecule has 3 aromatic rings. The van der Waals surface area contributed by atoms with Gasteiger partial charge in [-0.15, -0.1) is 0 Å². The summed E-state index contributed by atoms with van der Waals surface area (Å²) in [5, 5.41) is 0.686. The average molecular weight is 528 g/mol. The van der Waals surface area contributed by atoms with Gasteiger partial charge in [0.25, 0.3) is 11.1 Å². The van der Waals surface area contributed by atoms with Crippen molar-refractivity contribution in [3.8, 4) is 11.5 Å². The van der Waals surface area contributed by atoms with Crippen molar-refractivity contribution >= 4 is 52.2 Å². The normalized spacial score (nSPS) is 14.6. The molecule has 180 valence electrons. The quantitative estimate of drug-likeness (QED) is 0.283. The van der Waals surface area contributed by atoms with Crippen LogP contribution in [0.2, 0.25) is 10.0 Å². The second-order valence-corrected chi connectivity index (χ2v) is 9.77. The predicted octanol–water partition coefficient (Wildman–Crippen LogP) is 7.52. The molecule has 0 bridgehead atoms. The Balaban J connectivity index is 1.55. The molecule has 1 aliphatic heterocycles. The Labute approximate surface area is 218 Å². The van der Waals surface area contributed by atoms with Crippen molar-refractivity contribution in [2.45, 2.75) is 27.0 Å². The van der Waals surface area contributed by atoms with Crippen LogP contribution in [0.4, 0.5) is 4.79 Å². The van der Waals surface area contributed by atoms with E-state index >= 15 is 0 Å². The van der Waals surface area contributed by atoms with Gasteiger partial charge in [-0.1, -0.05) is 65.2 Å². The number of imide groups is 1. The maximum Gasteiger partial charge on any atom is 0.293 e. The van der Waals surface area contributed by atoms with Crippen LogP contribution in [0.1, 0.15) is 29.2 Å². The van der Waals surface area contributed by atoms with Crippen molar-refractivity contribution in [1.29, 1.82) is 0 Å². The summed E-state index contributed by atoms with van der Waals surface area (Å²) in [5.74, 6) is 0.533. The Morgan fingerprint density at radius 2 is 1.74 bits per heavy atom. The Morgan fingerprint density at radius 3 is 2.46 bits per heavy atom. The summed E-state index contributed by atoms with van der Waals surface area (Å²) in [7, 11) is 0. The monoisotopic (exact) mass is 527 g/mol. The highest BCUT2D eigenvalue weighted by molar-refractivity contribution is 8.18. The van der Waals surface area contributed by atoms with Gasteiger partial charge in [0, 0.05) is 5.02 Å². The van der Waals surface area contributed by atoms with Crippen LogP contribution in [-0.4, -0.2) is 22.7 Å². The number of nitrogens with zero attached hydrogens (tertiary/aromatic N) is 1. The van der Waals surface area contributed by atoms with E-state index in [0.29, 0.717) is 38.6 Å². The van der Waals surface area contributed by atoms with Crippen molar-refractivity contribution < 1.29 is 19.1 Å². The molecule has 0 N–H and O–H groups in total. The third-order valence-electron chi connectivity index (χ3n) is 5.22. The number of ether oxygens (including phenoxy) is 2. The Kier molecular flexibility index (Phi) is 8.06. The van der Waals surface area contributed by atoms with Crippen LogP contribution in [-0.2, 0) is 17.9 Å². The fraction of sp³-hybridized carbons (Fsp3) is 0.185. The number of carbonyl (C=O) groups excluding carboxylic acids is 2. The molecule has 8 heteroatoms. The van der Waals surface area contributed by atoms with Crippen LogP contribution in [0.5, 0.6) is 11.5 Å². The number of hydrogen-bond acceptors (Lipinski definition) is 5. The van der Waals surface area contributed by atoms with Gasteiger partial charge in [0.15, 0.2) is 11.5 Å². The highest BCUT2D eigenvalue weighted by Crippen LogP contribution is 2.40. The highest BCUT2D eigenvalue weighted by Gasteiger charge is 2.35. The summed E-state index contributed by atoms with van der Waals surface area (Å²) in [6.07, 6.45) is 1.65. The molecule has 1 heterocycles. The number of benzene rings is 3. The predicted molar refractivity (Wildman–Crippen MR) is 141 cm³/mol. The van der Waals surface area contributed by atoms with E-state index in [-0.39, 0.29) is 24.3 Å². The molecular formula is C27H23Cl2NO4S. The number of carbonyl (C=O) groups is 2. The van der Waals surface area contributed by atoms with Gasteiger partial charge in [0.1, 0.15) is 6.61 Å². The van der Waals surface area contributed by atoms with E-state index in [0.717, 1.165) is 28.5 Å². The molecule has 0 spiro atoms. The molecular weight excluding hydrogens is 505 g/mol. The minimum Gasteiger partial charge on any atom is -0.490 e. The third kappa shape index (κ3) is 6.20. The van der Waals surface area contributed by atoms with E-state index in [1.165, 1.54) is 4.90 Å². The molecule has 35 heavy (non-hydrogen) atoms. The topological polar surface area (TPSA) is 55.8 Å². The van der Waals surface area contributed by atoms with Gasteiger partial charge in [0.05, 0.1) is 23.1 Å². The molecule has 0 radical (unpaired) electrons. The molecule has 4 rings (SSSR count). The maximum atomic E-state index is 13.0. The van der Waals surface area contributed by atoms with E-state index in [2.05, 4.69) is 0 Å². The summed E-state index contributed by atoms with van der Waals surface area (Å²) in [5.41, 5.74) is 3.54. The van der Waals surface area contributed by atoms with E-state index in [1.54, 1.807) is 30.3 Å². The second-order valence-electron chi connectivity index (χ2n) is 7.94. The van der Waals surface area contributed by atoms with Crippen molar-refractivity contribution in [2.75, 3.05) is 6.61 Å². The molecule has 5 nitrogen and oxygen atoms in total. The van der Waals surface area contributed by atoms with Gasteiger partial charge in [-0.05, 0) is 72.6 Å². The summed E-state index contributed by atoms with van der Waals surface area (Å²) >= 11 is 13.4. The fourth-order valence-electron chi connectivity index (χ4n) is 3.59. The standard InChI is InChI=1S/C27H23Cl2NO4S/c1-3-33-23-13-20(12-22(29)25(23)34-16-18-7-9-21(28)10-8-18)14-24-26(31)30(27(32)35-24)15-19-6-4-5-17(2)11-19/h4-14H,3,15-16H2,1-2H3/b24-14-. The van der Waals surface area contributed by atoms with E-state index < -0.39 is 0 Å². The van der Waals surface area contributed by atoms with Gasteiger partial charge in [-0.2, -0.15) is 0 Å². The van der Waals surface area contributed by atoms with E-state index in [1.807, 2.05) is 50.2 Å². The Bertz CT molecular complexity index is 1290. The van der Waals surface area contributed by atoms with Gasteiger partial charge < -0.3 is 9.47 Å². The highest BCUT2D eigenvalue weighted by atomic mass is 35.5. The number of hydrogen-bond donors (Lipinski definition) is 0. The van der Waals surface area contributed by atoms with Crippen molar-refractivity contribution in [3.63, 3.8) is 0 Å². The Hall–Kier alpha value is -2.93. The largest absolute Gasteiger partial charge is 0.490 e. The van der Waals surface area contributed by atoms with Crippen LogP contribution >= 0.6 is 35.0 Å². The van der Waals surface area contributed by atoms with Crippen molar-refractivity contribution in [1.82, 2.24) is 4.90 Å². The molecule has 2 amide bonds. The van der Waals surface area contributed by atoms with Crippen molar-refractivity contribution in [2.24, 2.45) is 0 Å². The summed E-state index contributed by atoms with van der Waals surface area (Å²) in [6.45, 7) is 4.75. The lowest BCUT2D eigenvalue weighted by atomic mass is 10.1. The van der Waals surface area contributed by atoms with Crippen LogP contribution < -0.4 is 9.47 Å². The Morgan fingerprint density at radius 1 is 0.971 bits per heavy atom. The molecule has 0 aliphatic carbocycles. The SMILES string of the molecule is CCOc1cc(/C=C2\SC(=O)N(Cc3cccc(C)c3)C2=O)cc(Cl)c1OCc1ccc(Cl)cc1. The molecule has 0 saturated carbocycles. The molecule has 3 aromatic carbocycles. The first-order valence-corrected chi connectivity index (χ1v) is 12.6. The molecule has 0 aromatic heterocycles. The summed E-state index contributed by atoms with van der Waals surface area (Å²) < 4.78 is 11.7. The minimum absolute atomic E-state index is 0.228. The first-order valence-electron chi connectivity index (χ1n) is 11.0. The molecule has 1 saturated heterocycles.